The maximum atomic E-state index is 12.0. The Kier molecular flexibility index (Phi) is 3.84. The summed E-state index contributed by atoms with van der Waals surface area (Å²) in [7, 11) is 1.92. The maximum Gasteiger partial charge on any atom is 0.267 e. The van der Waals surface area contributed by atoms with Gasteiger partial charge < -0.3 is 15.2 Å². The van der Waals surface area contributed by atoms with Gasteiger partial charge in [0.05, 0.1) is 0 Å². The molecule has 0 aromatic carbocycles. The Bertz CT molecular complexity index is 391. The molecule has 1 amide bonds. The third kappa shape index (κ3) is 2.88. The summed E-state index contributed by atoms with van der Waals surface area (Å²) >= 11 is 0. The zero-order valence-corrected chi connectivity index (χ0v) is 10.6. The minimum absolute atomic E-state index is 0.0213. The van der Waals surface area contributed by atoms with Crippen molar-refractivity contribution in [2.75, 3.05) is 13.1 Å². The van der Waals surface area contributed by atoms with Gasteiger partial charge in [0.1, 0.15) is 5.69 Å². The average Bonchev–Trinajstić information content (AvgIpc) is 2.69. The van der Waals surface area contributed by atoms with E-state index in [0.717, 1.165) is 30.9 Å². The van der Waals surface area contributed by atoms with Crippen molar-refractivity contribution in [3.05, 3.63) is 23.5 Å². The summed E-state index contributed by atoms with van der Waals surface area (Å²) in [5.41, 5.74) is 1.84. The van der Waals surface area contributed by atoms with E-state index < -0.39 is 0 Å². The first-order valence-corrected chi connectivity index (χ1v) is 6.32. The van der Waals surface area contributed by atoms with Crippen molar-refractivity contribution in [2.45, 2.75) is 32.2 Å². The van der Waals surface area contributed by atoms with Crippen LogP contribution in [0.25, 0.3) is 0 Å². The van der Waals surface area contributed by atoms with Crippen LogP contribution in [-0.2, 0) is 7.05 Å². The van der Waals surface area contributed by atoms with Crippen molar-refractivity contribution < 1.29 is 4.79 Å². The molecule has 1 aromatic rings. The molecule has 1 aromatic heterocycles. The molecule has 4 nitrogen and oxygen atoms in total. The number of hydrogen-bond donors (Lipinski definition) is 2. The molecule has 1 atom stereocenters. The fourth-order valence-corrected chi connectivity index (χ4v) is 2.25. The third-order valence-corrected chi connectivity index (χ3v) is 3.53. The lowest BCUT2D eigenvalue weighted by Gasteiger charge is -2.23. The minimum atomic E-state index is 0.0213. The smallest absolute Gasteiger partial charge is 0.267 e. The van der Waals surface area contributed by atoms with E-state index in [1.165, 1.54) is 12.8 Å². The molecular weight excluding hydrogens is 214 g/mol. The van der Waals surface area contributed by atoms with Crippen molar-refractivity contribution in [1.29, 1.82) is 0 Å². The Balaban J connectivity index is 1.86. The van der Waals surface area contributed by atoms with Crippen LogP contribution in [0.5, 0.6) is 0 Å². The number of hydrogen-bond acceptors (Lipinski definition) is 2. The Hall–Kier alpha value is -1.29. The zero-order valence-electron chi connectivity index (χ0n) is 10.6. The number of amides is 1. The Morgan fingerprint density at radius 2 is 2.35 bits per heavy atom. The second-order valence-electron chi connectivity index (χ2n) is 4.78. The lowest BCUT2D eigenvalue weighted by molar-refractivity contribution is 0.0939. The van der Waals surface area contributed by atoms with Gasteiger partial charge in [-0.25, -0.2) is 0 Å². The first kappa shape index (κ1) is 12.2. The van der Waals surface area contributed by atoms with E-state index >= 15 is 0 Å². The van der Waals surface area contributed by atoms with Crippen molar-refractivity contribution in [2.24, 2.45) is 7.05 Å². The number of aryl methyl sites for hydroxylation is 1. The van der Waals surface area contributed by atoms with Gasteiger partial charge in [-0.15, -0.1) is 0 Å². The molecule has 94 valence electrons. The van der Waals surface area contributed by atoms with Crippen LogP contribution in [0.15, 0.2) is 12.1 Å². The molecule has 0 bridgehead atoms. The standard InChI is InChI=1S/C13H21N3O/c1-10-6-7-12(16(10)2)13(17)15-9-11-5-3-4-8-14-11/h6-7,11,14H,3-5,8-9H2,1-2H3,(H,15,17). The van der Waals surface area contributed by atoms with E-state index in [-0.39, 0.29) is 5.91 Å². The van der Waals surface area contributed by atoms with Crippen molar-refractivity contribution in [3.63, 3.8) is 0 Å². The second kappa shape index (κ2) is 5.36. The highest BCUT2D eigenvalue weighted by Gasteiger charge is 2.15. The molecule has 1 aliphatic heterocycles. The van der Waals surface area contributed by atoms with Gasteiger partial charge in [0.15, 0.2) is 0 Å². The van der Waals surface area contributed by atoms with Crippen LogP contribution in [0.2, 0.25) is 0 Å². The molecule has 2 N–H and O–H groups in total. The van der Waals surface area contributed by atoms with Gasteiger partial charge in [0.25, 0.3) is 5.91 Å². The van der Waals surface area contributed by atoms with Crippen LogP contribution < -0.4 is 10.6 Å². The largest absolute Gasteiger partial charge is 0.349 e. The fraction of sp³-hybridized carbons (Fsp3) is 0.615. The molecule has 1 fully saturated rings. The Morgan fingerprint density at radius 3 is 2.94 bits per heavy atom. The second-order valence-corrected chi connectivity index (χ2v) is 4.78. The summed E-state index contributed by atoms with van der Waals surface area (Å²) in [4.78, 5) is 12.0. The van der Waals surface area contributed by atoms with Crippen LogP contribution in [-0.4, -0.2) is 29.6 Å². The molecule has 1 unspecified atom stereocenters. The SMILES string of the molecule is Cc1ccc(C(=O)NCC2CCCCN2)n1C. The van der Waals surface area contributed by atoms with Crippen LogP contribution in [0.1, 0.15) is 35.4 Å². The Morgan fingerprint density at radius 1 is 1.53 bits per heavy atom. The molecule has 1 saturated heterocycles. The van der Waals surface area contributed by atoms with Gasteiger partial charge in [-0.1, -0.05) is 6.42 Å². The molecule has 4 heteroatoms. The van der Waals surface area contributed by atoms with Crippen LogP contribution >= 0.6 is 0 Å². The zero-order chi connectivity index (χ0) is 12.3. The normalized spacial score (nSPS) is 20.2. The third-order valence-electron chi connectivity index (χ3n) is 3.53. The molecule has 17 heavy (non-hydrogen) atoms. The van der Waals surface area contributed by atoms with E-state index in [4.69, 9.17) is 0 Å². The van der Waals surface area contributed by atoms with Crippen LogP contribution in [0, 0.1) is 6.92 Å². The number of aromatic nitrogens is 1. The number of rotatable bonds is 3. The molecular formula is C13H21N3O. The number of carbonyl (C=O) groups excluding carboxylic acids is 1. The molecule has 0 radical (unpaired) electrons. The summed E-state index contributed by atoms with van der Waals surface area (Å²) in [6, 6.07) is 4.28. The topological polar surface area (TPSA) is 46.1 Å². The molecule has 2 heterocycles. The summed E-state index contributed by atoms with van der Waals surface area (Å²) < 4.78 is 1.92. The molecule has 0 saturated carbocycles. The maximum absolute atomic E-state index is 12.0. The first-order valence-electron chi connectivity index (χ1n) is 6.32. The lowest BCUT2D eigenvalue weighted by Crippen LogP contribution is -2.43. The van der Waals surface area contributed by atoms with E-state index in [1.54, 1.807) is 0 Å². The van der Waals surface area contributed by atoms with Gasteiger partial charge in [-0.05, 0) is 38.4 Å². The summed E-state index contributed by atoms with van der Waals surface area (Å²) in [6.45, 7) is 3.80. The number of carbonyl (C=O) groups is 1. The lowest BCUT2D eigenvalue weighted by atomic mass is 10.1. The van der Waals surface area contributed by atoms with Gasteiger partial charge in [0, 0.05) is 25.3 Å². The van der Waals surface area contributed by atoms with Crippen LogP contribution in [0.3, 0.4) is 0 Å². The summed E-state index contributed by atoms with van der Waals surface area (Å²) in [5, 5.41) is 6.42. The first-order chi connectivity index (χ1) is 8.18. The number of nitrogens with one attached hydrogen (secondary N) is 2. The number of piperidine rings is 1. The summed E-state index contributed by atoms with van der Waals surface area (Å²) in [5.74, 6) is 0.0213. The van der Waals surface area contributed by atoms with Gasteiger partial charge >= 0.3 is 0 Å². The molecule has 2 rings (SSSR count). The minimum Gasteiger partial charge on any atom is -0.349 e. The van der Waals surface area contributed by atoms with Crippen LogP contribution in [0.4, 0.5) is 0 Å². The predicted octanol–water partition coefficient (Wildman–Crippen LogP) is 1.21. The Labute approximate surface area is 102 Å². The van der Waals surface area contributed by atoms with Gasteiger partial charge in [0.2, 0.25) is 0 Å². The molecule has 0 aliphatic carbocycles. The average molecular weight is 235 g/mol. The highest BCUT2D eigenvalue weighted by molar-refractivity contribution is 5.92. The number of nitrogens with zero attached hydrogens (tertiary/aromatic N) is 1. The molecule has 0 spiro atoms. The highest BCUT2D eigenvalue weighted by atomic mass is 16.1. The summed E-state index contributed by atoms with van der Waals surface area (Å²) in [6.07, 6.45) is 3.67. The van der Waals surface area contributed by atoms with Crippen molar-refractivity contribution in [1.82, 2.24) is 15.2 Å². The van der Waals surface area contributed by atoms with Crippen molar-refractivity contribution >= 4 is 5.91 Å². The van der Waals surface area contributed by atoms with Crippen molar-refractivity contribution in [3.8, 4) is 0 Å². The highest BCUT2D eigenvalue weighted by Crippen LogP contribution is 2.07. The van der Waals surface area contributed by atoms with E-state index in [9.17, 15) is 4.79 Å². The van der Waals surface area contributed by atoms with Gasteiger partial charge in [-0.3, -0.25) is 4.79 Å². The van der Waals surface area contributed by atoms with E-state index in [0.29, 0.717) is 6.04 Å². The predicted molar refractivity (Wildman–Crippen MR) is 68.1 cm³/mol. The van der Waals surface area contributed by atoms with E-state index in [1.807, 2.05) is 30.7 Å². The van der Waals surface area contributed by atoms with E-state index in [2.05, 4.69) is 10.6 Å². The fourth-order valence-electron chi connectivity index (χ4n) is 2.25. The monoisotopic (exact) mass is 235 g/mol. The molecule has 1 aliphatic rings. The quantitative estimate of drug-likeness (QED) is 0.827. The van der Waals surface area contributed by atoms with Gasteiger partial charge in [-0.2, -0.15) is 0 Å².